The molecule has 2 aromatic carbocycles. The zero-order valence-corrected chi connectivity index (χ0v) is 13.6. The van der Waals surface area contributed by atoms with Gasteiger partial charge in [0, 0.05) is 0 Å². The van der Waals surface area contributed by atoms with Crippen LogP contribution in [0.25, 0.3) is 0 Å². The molecule has 0 bridgehead atoms. The van der Waals surface area contributed by atoms with Crippen LogP contribution in [0.2, 0.25) is 0 Å². The fraction of sp³-hybridized carbons (Fsp3) is 0.167. The summed E-state index contributed by atoms with van der Waals surface area (Å²) in [4.78, 5) is 14.0. The SMILES string of the molecule is CC1SC(=NN=Cc2ccccc2)N(Cc2ccccc2)C1=O. The van der Waals surface area contributed by atoms with Crippen LogP contribution in [-0.2, 0) is 11.3 Å². The minimum absolute atomic E-state index is 0.0764. The molecule has 0 N–H and O–H groups in total. The molecular weight excluding hydrogens is 306 g/mol. The van der Waals surface area contributed by atoms with Crippen molar-refractivity contribution in [3.8, 4) is 0 Å². The molecule has 0 saturated carbocycles. The van der Waals surface area contributed by atoms with E-state index in [0.29, 0.717) is 11.7 Å². The molecule has 1 atom stereocenters. The van der Waals surface area contributed by atoms with Gasteiger partial charge in [0.15, 0.2) is 5.17 Å². The van der Waals surface area contributed by atoms with Crippen LogP contribution in [0.5, 0.6) is 0 Å². The highest BCUT2D eigenvalue weighted by atomic mass is 32.2. The highest BCUT2D eigenvalue weighted by Gasteiger charge is 2.35. The predicted octanol–water partition coefficient (Wildman–Crippen LogP) is 3.54. The molecule has 1 amide bonds. The summed E-state index contributed by atoms with van der Waals surface area (Å²) in [5.41, 5.74) is 2.06. The molecule has 23 heavy (non-hydrogen) atoms. The molecule has 4 nitrogen and oxygen atoms in total. The summed E-state index contributed by atoms with van der Waals surface area (Å²) in [5, 5.41) is 8.91. The smallest absolute Gasteiger partial charge is 0.242 e. The average molecular weight is 323 g/mol. The first-order chi connectivity index (χ1) is 11.2. The van der Waals surface area contributed by atoms with Crippen molar-refractivity contribution in [2.45, 2.75) is 18.7 Å². The second-order valence-electron chi connectivity index (χ2n) is 5.21. The number of amides is 1. The maximum absolute atomic E-state index is 12.3. The topological polar surface area (TPSA) is 45.0 Å². The third-order valence-electron chi connectivity index (χ3n) is 3.46. The van der Waals surface area contributed by atoms with Crippen LogP contribution in [0.15, 0.2) is 70.9 Å². The van der Waals surface area contributed by atoms with Crippen molar-refractivity contribution >= 4 is 29.1 Å². The third-order valence-corrected chi connectivity index (χ3v) is 4.53. The Morgan fingerprint density at radius 3 is 2.43 bits per heavy atom. The zero-order chi connectivity index (χ0) is 16.1. The van der Waals surface area contributed by atoms with E-state index in [1.807, 2.05) is 67.6 Å². The molecule has 0 aromatic heterocycles. The number of rotatable bonds is 4. The normalized spacial score (nSPS) is 19.9. The van der Waals surface area contributed by atoms with Gasteiger partial charge in [0.25, 0.3) is 0 Å². The number of hydrogen-bond acceptors (Lipinski definition) is 4. The Morgan fingerprint density at radius 2 is 1.74 bits per heavy atom. The highest BCUT2D eigenvalue weighted by Crippen LogP contribution is 2.28. The van der Waals surface area contributed by atoms with Crippen LogP contribution in [0.4, 0.5) is 0 Å². The Labute approximate surface area is 139 Å². The number of carbonyl (C=O) groups is 1. The van der Waals surface area contributed by atoms with Crippen molar-refractivity contribution in [2.24, 2.45) is 10.2 Å². The standard InChI is InChI=1S/C18H17N3OS/c1-14-17(22)21(13-16-10-6-3-7-11-16)18(23-14)20-19-12-15-8-4-2-5-9-15/h2-12,14H,13H2,1H3. The van der Waals surface area contributed by atoms with Gasteiger partial charge in [-0.3, -0.25) is 9.69 Å². The van der Waals surface area contributed by atoms with Crippen molar-refractivity contribution in [1.82, 2.24) is 4.90 Å². The Kier molecular flexibility index (Phi) is 4.88. The quantitative estimate of drug-likeness (QED) is 0.638. The number of carbonyl (C=O) groups excluding carboxylic acids is 1. The first-order valence-electron chi connectivity index (χ1n) is 7.42. The highest BCUT2D eigenvalue weighted by molar-refractivity contribution is 8.15. The van der Waals surface area contributed by atoms with Gasteiger partial charge < -0.3 is 0 Å². The molecule has 1 saturated heterocycles. The van der Waals surface area contributed by atoms with E-state index >= 15 is 0 Å². The summed E-state index contributed by atoms with van der Waals surface area (Å²) >= 11 is 1.45. The molecule has 1 fully saturated rings. The van der Waals surface area contributed by atoms with Gasteiger partial charge in [-0.05, 0) is 18.1 Å². The summed E-state index contributed by atoms with van der Waals surface area (Å²) < 4.78 is 0. The molecule has 1 unspecified atom stereocenters. The van der Waals surface area contributed by atoms with E-state index in [0.717, 1.165) is 11.1 Å². The summed E-state index contributed by atoms with van der Waals surface area (Å²) in [5.74, 6) is 0.0764. The molecule has 0 spiro atoms. The van der Waals surface area contributed by atoms with Crippen LogP contribution in [0, 0.1) is 0 Å². The number of amidine groups is 1. The molecule has 3 rings (SSSR count). The predicted molar refractivity (Wildman–Crippen MR) is 95.5 cm³/mol. The van der Waals surface area contributed by atoms with E-state index in [-0.39, 0.29) is 11.2 Å². The van der Waals surface area contributed by atoms with Crippen LogP contribution in [0.3, 0.4) is 0 Å². The number of hydrogen-bond donors (Lipinski definition) is 0. The zero-order valence-electron chi connectivity index (χ0n) is 12.8. The monoisotopic (exact) mass is 323 g/mol. The summed E-state index contributed by atoms with van der Waals surface area (Å²) in [6, 6.07) is 19.7. The van der Waals surface area contributed by atoms with E-state index in [9.17, 15) is 4.79 Å². The van der Waals surface area contributed by atoms with Gasteiger partial charge in [-0.2, -0.15) is 5.10 Å². The fourth-order valence-electron chi connectivity index (χ4n) is 2.26. The van der Waals surface area contributed by atoms with Crippen LogP contribution >= 0.6 is 11.8 Å². The van der Waals surface area contributed by atoms with Crippen LogP contribution in [0.1, 0.15) is 18.1 Å². The summed E-state index contributed by atoms with van der Waals surface area (Å²) in [7, 11) is 0. The van der Waals surface area contributed by atoms with Crippen molar-refractivity contribution in [3.05, 3.63) is 71.8 Å². The van der Waals surface area contributed by atoms with Crippen LogP contribution in [-0.4, -0.2) is 27.4 Å². The van der Waals surface area contributed by atoms with Crippen molar-refractivity contribution in [2.75, 3.05) is 0 Å². The average Bonchev–Trinajstić information content (AvgIpc) is 2.85. The number of thioether (sulfide) groups is 1. The Hall–Kier alpha value is -2.40. The lowest BCUT2D eigenvalue weighted by Crippen LogP contribution is -2.30. The second-order valence-corrected chi connectivity index (χ2v) is 6.52. The Balaban J connectivity index is 1.77. The Morgan fingerprint density at radius 1 is 1.09 bits per heavy atom. The second kappa shape index (κ2) is 7.24. The maximum Gasteiger partial charge on any atom is 0.242 e. The van der Waals surface area contributed by atoms with Gasteiger partial charge in [0.05, 0.1) is 18.0 Å². The fourth-order valence-corrected chi connectivity index (χ4v) is 3.18. The summed E-state index contributed by atoms with van der Waals surface area (Å²) in [6.07, 6.45) is 1.70. The molecule has 2 aromatic rings. The van der Waals surface area contributed by atoms with Gasteiger partial charge in [-0.25, -0.2) is 0 Å². The third kappa shape index (κ3) is 3.87. The van der Waals surface area contributed by atoms with Crippen LogP contribution < -0.4 is 0 Å². The van der Waals surface area contributed by atoms with Crippen molar-refractivity contribution in [1.29, 1.82) is 0 Å². The van der Waals surface area contributed by atoms with Gasteiger partial charge >= 0.3 is 0 Å². The lowest BCUT2D eigenvalue weighted by atomic mass is 10.2. The van der Waals surface area contributed by atoms with Gasteiger partial charge in [0.2, 0.25) is 5.91 Å². The largest absolute Gasteiger partial charge is 0.284 e. The molecule has 0 aliphatic carbocycles. The molecule has 5 heteroatoms. The van der Waals surface area contributed by atoms with Crippen molar-refractivity contribution in [3.63, 3.8) is 0 Å². The molecule has 116 valence electrons. The van der Waals surface area contributed by atoms with Gasteiger partial charge in [-0.15, -0.1) is 5.10 Å². The van der Waals surface area contributed by atoms with Gasteiger partial charge in [-0.1, -0.05) is 72.4 Å². The molecular formula is C18H17N3OS. The lowest BCUT2D eigenvalue weighted by Gasteiger charge is -2.15. The number of benzene rings is 2. The lowest BCUT2D eigenvalue weighted by molar-refractivity contribution is -0.126. The van der Waals surface area contributed by atoms with E-state index < -0.39 is 0 Å². The van der Waals surface area contributed by atoms with E-state index in [2.05, 4.69) is 10.2 Å². The molecule has 1 aliphatic rings. The first-order valence-corrected chi connectivity index (χ1v) is 8.30. The van der Waals surface area contributed by atoms with E-state index in [4.69, 9.17) is 0 Å². The maximum atomic E-state index is 12.3. The summed E-state index contributed by atoms with van der Waals surface area (Å²) in [6.45, 7) is 2.42. The van der Waals surface area contributed by atoms with E-state index in [1.165, 1.54) is 11.8 Å². The Bertz CT molecular complexity index is 728. The minimum Gasteiger partial charge on any atom is -0.284 e. The minimum atomic E-state index is -0.121. The molecule has 1 heterocycles. The first kappa shape index (κ1) is 15.5. The van der Waals surface area contributed by atoms with Gasteiger partial charge in [0.1, 0.15) is 0 Å². The van der Waals surface area contributed by atoms with Crippen molar-refractivity contribution < 1.29 is 4.79 Å². The molecule has 1 aliphatic heterocycles. The molecule has 0 radical (unpaired) electrons. The number of nitrogens with zero attached hydrogens (tertiary/aromatic N) is 3. The van der Waals surface area contributed by atoms with E-state index in [1.54, 1.807) is 11.1 Å².